The average Bonchev–Trinajstić information content (AvgIpc) is 2.23. The van der Waals surface area contributed by atoms with Gasteiger partial charge in [0.1, 0.15) is 0 Å². The van der Waals surface area contributed by atoms with E-state index in [1.807, 2.05) is 0 Å². The predicted octanol–water partition coefficient (Wildman–Crippen LogP) is 2.44. The number of aliphatic hydroxyl groups excluding tert-OH is 1. The number of amides is 1. The van der Waals surface area contributed by atoms with Gasteiger partial charge in [-0.1, -0.05) is 23.7 Å². The van der Waals surface area contributed by atoms with Crippen LogP contribution in [0.3, 0.4) is 0 Å². The molecule has 0 aliphatic carbocycles. The number of carbonyl (C=O) groups is 1. The highest BCUT2D eigenvalue weighted by Crippen LogP contribution is 2.20. The summed E-state index contributed by atoms with van der Waals surface area (Å²) in [6, 6.07) is 7.00. The predicted molar refractivity (Wildman–Crippen MR) is 73.6 cm³/mol. The molecule has 0 saturated carbocycles. The van der Waals surface area contributed by atoms with Gasteiger partial charge in [0.15, 0.2) is 6.29 Å². The summed E-state index contributed by atoms with van der Waals surface area (Å²) in [5, 5.41) is 10.5. The Morgan fingerprint density at radius 3 is 2.58 bits per heavy atom. The number of benzene rings is 1. The summed E-state index contributed by atoms with van der Waals surface area (Å²) >= 11 is 5.87. The lowest BCUT2D eigenvalue weighted by Gasteiger charge is -2.28. The average molecular weight is 285 g/mol. The molecule has 1 amide bonds. The highest BCUT2D eigenvalue weighted by molar-refractivity contribution is 6.30. The Morgan fingerprint density at radius 1 is 1.47 bits per heavy atom. The lowest BCUT2D eigenvalue weighted by Crippen LogP contribution is -2.38. The number of hydrogen-bond donors (Lipinski definition) is 1. The number of hydrogen-bond acceptors (Lipinski definition) is 3. The first-order valence-corrected chi connectivity index (χ1v) is 6.42. The molecule has 0 aliphatic rings. The van der Waals surface area contributed by atoms with Crippen LogP contribution in [-0.4, -0.2) is 22.9 Å². The summed E-state index contributed by atoms with van der Waals surface area (Å²) in [6.45, 7) is 5.34. The minimum Gasteiger partial charge on any atom is -0.367 e. The van der Waals surface area contributed by atoms with E-state index in [1.165, 1.54) is 0 Å². The van der Waals surface area contributed by atoms with Crippen LogP contribution in [0.2, 0.25) is 5.02 Å². The summed E-state index contributed by atoms with van der Waals surface area (Å²) in [5.41, 5.74) is 7.47. The lowest BCUT2D eigenvalue weighted by atomic mass is 9.97. The normalized spacial score (nSPS) is 15.0. The Morgan fingerprint density at radius 2 is 2.11 bits per heavy atom. The van der Waals surface area contributed by atoms with Crippen LogP contribution in [0.15, 0.2) is 24.3 Å². The van der Waals surface area contributed by atoms with Gasteiger partial charge >= 0.3 is 0 Å². The maximum atomic E-state index is 11.4. The molecular weight excluding hydrogens is 266 g/mol. The van der Waals surface area contributed by atoms with Gasteiger partial charge < -0.3 is 9.84 Å². The maximum Gasteiger partial charge on any atom is 0.246 e. The second-order valence-electron chi connectivity index (χ2n) is 5.43. The highest BCUT2D eigenvalue weighted by Gasteiger charge is 2.29. The van der Waals surface area contributed by atoms with Crippen molar-refractivity contribution in [2.24, 2.45) is 5.92 Å². The molecular formula is C14H19ClNO3. The van der Waals surface area contributed by atoms with Gasteiger partial charge in [-0.3, -0.25) is 10.5 Å². The van der Waals surface area contributed by atoms with Crippen LogP contribution in [0.4, 0.5) is 0 Å². The first-order valence-electron chi connectivity index (χ1n) is 6.05. The molecule has 4 nitrogen and oxygen atoms in total. The lowest BCUT2D eigenvalue weighted by molar-refractivity contribution is -0.193. The molecule has 1 aromatic carbocycles. The van der Waals surface area contributed by atoms with Crippen molar-refractivity contribution in [1.82, 2.24) is 5.73 Å². The van der Waals surface area contributed by atoms with E-state index in [9.17, 15) is 9.90 Å². The number of halogens is 1. The summed E-state index contributed by atoms with van der Waals surface area (Å²) in [6.07, 6.45) is -1.08. The Hall–Kier alpha value is -1.10. The number of carbonyl (C=O) groups excluding carboxylic acids is 1. The molecule has 5 heteroatoms. The Labute approximate surface area is 118 Å². The van der Waals surface area contributed by atoms with Crippen molar-refractivity contribution in [3.05, 3.63) is 34.9 Å². The van der Waals surface area contributed by atoms with Crippen molar-refractivity contribution in [3.63, 3.8) is 0 Å². The molecule has 1 rings (SSSR count). The van der Waals surface area contributed by atoms with Gasteiger partial charge in [0.2, 0.25) is 5.91 Å². The third-order valence-corrected chi connectivity index (χ3v) is 2.74. The van der Waals surface area contributed by atoms with E-state index < -0.39 is 23.7 Å². The summed E-state index contributed by atoms with van der Waals surface area (Å²) in [4.78, 5) is 11.4. The Bertz CT molecular complexity index is 443. The smallest absolute Gasteiger partial charge is 0.246 e. The zero-order valence-electron chi connectivity index (χ0n) is 11.3. The monoisotopic (exact) mass is 284 g/mol. The molecule has 0 spiro atoms. The van der Waals surface area contributed by atoms with E-state index in [1.54, 1.807) is 45.0 Å². The molecule has 2 unspecified atom stereocenters. The van der Waals surface area contributed by atoms with Crippen molar-refractivity contribution in [1.29, 1.82) is 0 Å². The molecule has 0 aliphatic heterocycles. The van der Waals surface area contributed by atoms with Crippen LogP contribution < -0.4 is 5.73 Å². The van der Waals surface area contributed by atoms with Gasteiger partial charge in [0, 0.05) is 5.02 Å². The Balaban J connectivity index is 2.81. The molecule has 2 N–H and O–H groups in total. The standard InChI is InChI=1S/C14H19ClNO3/c1-14(2,3)19-13(18)11(12(16)17)8-9-5-4-6-10(15)7-9/h4-7,11,13,16,18H,8H2,1-3H3. The molecule has 0 aromatic heterocycles. The van der Waals surface area contributed by atoms with Crippen molar-refractivity contribution in [2.75, 3.05) is 0 Å². The molecule has 19 heavy (non-hydrogen) atoms. The molecule has 0 saturated heterocycles. The number of ether oxygens (including phenoxy) is 1. The van der Waals surface area contributed by atoms with E-state index >= 15 is 0 Å². The Kier molecular flexibility index (Phi) is 5.35. The zero-order valence-corrected chi connectivity index (χ0v) is 12.1. The summed E-state index contributed by atoms with van der Waals surface area (Å²) in [5.74, 6) is -1.77. The summed E-state index contributed by atoms with van der Waals surface area (Å²) < 4.78 is 5.35. The molecule has 2 atom stereocenters. The third kappa shape index (κ3) is 5.59. The van der Waals surface area contributed by atoms with E-state index in [-0.39, 0.29) is 6.42 Å². The van der Waals surface area contributed by atoms with Crippen LogP contribution in [0.25, 0.3) is 0 Å². The quantitative estimate of drug-likeness (QED) is 0.844. The molecule has 1 radical (unpaired) electrons. The largest absolute Gasteiger partial charge is 0.367 e. The van der Waals surface area contributed by atoms with Crippen LogP contribution in [-0.2, 0) is 16.0 Å². The number of aliphatic hydroxyl groups is 1. The third-order valence-electron chi connectivity index (χ3n) is 2.50. The van der Waals surface area contributed by atoms with Crippen LogP contribution >= 0.6 is 11.6 Å². The van der Waals surface area contributed by atoms with Gasteiger partial charge in [-0.15, -0.1) is 0 Å². The molecule has 105 valence electrons. The fraction of sp³-hybridized carbons (Fsp3) is 0.500. The number of nitrogens with one attached hydrogen (secondary N) is 1. The van der Waals surface area contributed by atoms with Gasteiger partial charge in [-0.2, -0.15) is 0 Å². The van der Waals surface area contributed by atoms with Gasteiger partial charge in [0.05, 0.1) is 11.5 Å². The van der Waals surface area contributed by atoms with Crippen LogP contribution in [0.1, 0.15) is 26.3 Å². The van der Waals surface area contributed by atoms with E-state index in [0.717, 1.165) is 5.56 Å². The highest BCUT2D eigenvalue weighted by atomic mass is 35.5. The minimum absolute atomic E-state index is 0.222. The molecule has 1 aromatic rings. The van der Waals surface area contributed by atoms with Gasteiger partial charge in [0.25, 0.3) is 0 Å². The first-order chi connectivity index (χ1) is 8.69. The van der Waals surface area contributed by atoms with Crippen LogP contribution in [0.5, 0.6) is 0 Å². The zero-order chi connectivity index (χ0) is 14.6. The van der Waals surface area contributed by atoms with Crippen LogP contribution in [0, 0.1) is 5.92 Å². The minimum atomic E-state index is -1.30. The maximum absolute atomic E-state index is 11.4. The topological polar surface area (TPSA) is 70.3 Å². The molecule has 0 heterocycles. The van der Waals surface area contributed by atoms with E-state index in [0.29, 0.717) is 5.02 Å². The second kappa shape index (κ2) is 6.37. The first kappa shape index (κ1) is 16.0. The SMILES string of the molecule is CC(C)(C)OC(O)C(Cc1cccc(Cl)c1)C([NH])=O. The van der Waals surface area contributed by atoms with E-state index in [2.05, 4.69) is 0 Å². The van der Waals surface area contributed by atoms with Crippen molar-refractivity contribution in [2.45, 2.75) is 39.1 Å². The summed E-state index contributed by atoms with van der Waals surface area (Å²) in [7, 11) is 0. The van der Waals surface area contributed by atoms with Gasteiger partial charge in [-0.05, 0) is 44.9 Å². The van der Waals surface area contributed by atoms with Gasteiger partial charge in [-0.25, -0.2) is 0 Å². The fourth-order valence-electron chi connectivity index (χ4n) is 1.69. The molecule has 0 fully saturated rings. The van der Waals surface area contributed by atoms with Crippen molar-refractivity contribution < 1.29 is 14.6 Å². The fourth-order valence-corrected chi connectivity index (χ4v) is 1.90. The van der Waals surface area contributed by atoms with Crippen molar-refractivity contribution in [3.8, 4) is 0 Å². The van der Waals surface area contributed by atoms with E-state index in [4.69, 9.17) is 22.1 Å². The molecule has 0 bridgehead atoms. The van der Waals surface area contributed by atoms with Crippen molar-refractivity contribution >= 4 is 17.5 Å². The second-order valence-corrected chi connectivity index (χ2v) is 5.86. The number of rotatable bonds is 5.